The highest BCUT2D eigenvalue weighted by Gasteiger charge is 2.28. The number of para-hydroxylation sites is 1. The third-order valence-corrected chi connectivity index (χ3v) is 5.55. The molecular formula is C24H26N2O3. The number of hydrogen-bond acceptors (Lipinski definition) is 4. The number of furan rings is 1. The number of allylic oxidation sites excluding steroid dienone is 1. The molecule has 0 radical (unpaired) electrons. The molecular weight excluding hydrogens is 364 g/mol. The Kier molecular flexibility index (Phi) is 5.49. The molecule has 150 valence electrons. The maximum absolute atomic E-state index is 13.3. The van der Waals surface area contributed by atoms with Crippen LogP contribution in [-0.4, -0.2) is 28.6 Å². The number of pyridine rings is 1. The molecule has 5 nitrogen and oxygen atoms in total. The van der Waals surface area contributed by atoms with Crippen molar-refractivity contribution in [2.24, 2.45) is 5.92 Å². The number of carbonyl (C=O) groups is 1. The molecule has 29 heavy (non-hydrogen) atoms. The smallest absolute Gasteiger partial charge is 0.252 e. The van der Waals surface area contributed by atoms with Crippen LogP contribution in [0.3, 0.4) is 0 Å². The van der Waals surface area contributed by atoms with E-state index in [0.717, 1.165) is 46.3 Å². The first-order chi connectivity index (χ1) is 14.1. The van der Waals surface area contributed by atoms with Gasteiger partial charge in [0, 0.05) is 5.39 Å². The lowest BCUT2D eigenvalue weighted by atomic mass is 9.80. The Morgan fingerprint density at radius 1 is 1.31 bits per heavy atom. The molecule has 0 aliphatic heterocycles. The van der Waals surface area contributed by atoms with Crippen LogP contribution in [0.25, 0.3) is 22.6 Å². The molecule has 5 heteroatoms. The lowest BCUT2D eigenvalue weighted by Gasteiger charge is -2.27. The minimum Gasteiger partial charge on any atom is -0.465 e. The predicted molar refractivity (Wildman–Crippen MR) is 114 cm³/mol. The van der Waals surface area contributed by atoms with Crippen molar-refractivity contribution in [1.29, 1.82) is 0 Å². The van der Waals surface area contributed by atoms with E-state index in [9.17, 15) is 9.90 Å². The molecule has 0 bridgehead atoms. The Hall–Kier alpha value is -2.92. The number of aliphatic hydroxyl groups excluding tert-OH is 1. The van der Waals surface area contributed by atoms with E-state index in [1.807, 2.05) is 49.4 Å². The van der Waals surface area contributed by atoms with Crippen molar-refractivity contribution in [3.63, 3.8) is 0 Å². The van der Waals surface area contributed by atoms with Gasteiger partial charge < -0.3 is 14.8 Å². The summed E-state index contributed by atoms with van der Waals surface area (Å²) in [7, 11) is 0. The van der Waals surface area contributed by atoms with Crippen LogP contribution in [0.2, 0.25) is 0 Å². The highest BCUT2D eigenvalue weighted by molar-refractivity contribution is 6.09. The van der Waals surface area contributed by atoms with Gasteiger partial charge in [-0.05, 0) is 60.6 Å². The average Bonchev–Trinajstić information content (AvgIpc) is 3.23. The molecule has 0 saturated carbocycles. The molecule has 0 saturated heterocycles. The molecule has 0 spiro atoms. The molecule has 2 atom stereocenters. The normalized spacial score (nSPS) is 18.6. The quantitative estimate of drug-likeness (QED) is 0.675. The van der Waals surface area contributed by atoms with Gasteiger partial charge in [0.25, 0.3) is 5.91 Å². The average molecular weight is 390 g/mol. The van der Waals surface area contributed by atoms with Gasteiger partial charge in [-0.25, -0.2) is 4.98 Å². The van der Waals surface area contributed by atoms with E-state index in [0.29, 0.717) is 17.9 Å². The number of rotatable bonds is 5. The Morgan fingerprint density at radius 2 is 2.14 bits per heavy atom. The molecule has 2 N–H and O–H groups in total. The Bertz CT molecular complexity index is 1050. The molecule has 1 aliphatic carbocycles. The van der Waals surface area contributed by atoms with Gasteiger partial charge in [0.1, 0.15) is 5.76 Å². The van der Waals surface area contributed by atoms with Crippen LogP contribution in [0.4, 0.5) is 0 Å². The molecule has 1 aromatic carbocycles. The minimum atomic E-state index is -0.260. The molecule has 0 fully saturated rings. The summed E-state index contributed by atoms with van der Waals surface area (Å²) in [6.07, 6.45) is 6.04. The summed E-state index contributed by atoms with van der Waals surface area (Å²) in [5.74, 6) is 1.03. The monoisotopic (exact) mass is 390 g/mol. The number of nitrogens with one attached hydrogen (secondary N) is 1. The van der Waals surface area contributed by atoms with Gasteiger partial charge >= 0.3 is 0 Å². The van der Waals surface area contributed by atoms with Crippen LogP contribution in [0, 0.1) is 5.92 Å². The van der Waals surface area contributed by atoms with E-state index in [1.165, 1.54) is 0 Å². The third kappa shape index (κ3) is 3.83. The summed E-state index contributed by atoms with van der Waals surface area (Å²) in [6, 6.07) is 11.3. The van der Waals surface area contributed by atoms with E-state index in [4.69, 9.17) is 9.40 Å². The number of amides is 1. The van der Waals surface area contributed by atoms with Crippen molar-refractivity contribution < 1.29 is 14.3 Å². The Labute approximate surface area is 170 Å². The van der Waals surface area contributed by atoms with E-state index in [-0.39, 0.29) is 18.6 Å². The van der Waals surface area contributed by atoms with Crippen molar-refractivity contribution in [1.82, 2.24) is 10.3 Å². The lowest BCUT2D eigenvalue weighted by Crippen LogP contribution is -2.38. The van der Waals surface area contributed by atoms with Gasteiger partial charge in [-0.2, -0.15) is 0 Å². The number of fused-ring (bicyclic) bond motifs is 2. The van der Waals surface area contributed by atoms with E-state index in [1.54, 1.807) is 6.26 Å². The van der Waals surface area contributed by atoms with Crippen LogP contribution in [0.5, 0.6) is 0 Å². The minimum absolute atomic E-state index is 0.0759. The van der Waals surface area contributed by atoms with E-state index >= 15 is 0 Å². The zero-order chi connectivity index (χ0) is 20.4. The van der Waals surface area contributed by atoms with Gasteiger partial charge in [0.05, 0.1) is 35.7 Å². The van der Waals surface area contributed by atoms with Gasteiger partial charge in [-0.1, -0.05) is 32.0 Å². The van der Waals surface area contributed by atoms with Crippen LogP contribution in [-0.2, 0) is 6.42 Å². The number of nitrogens with zero attached hydrogens (tertiary/aromatic N) is 1. The zero-order valence-electron chi connectivity index (χ0n) is 16.8. The van der Waals surface area contributed by atoms with Gasteiger partial charge in [-0.15, -0.1) is 0 Å². The molecule has 1 aliphatic rings. The maximum atomic E-state index is 13.3. The Balaban J connectivity index is 1.91. The molecule has 2 heterocycles. The summed E-state index contributed by atoms with van der Waals surface area (Å²) in [6.45, 7) is 4.07. The predicted octanol–water partition coefficient (Wildman–Crippen LogP) is 4.45. The first-order valence-corrected chi connectivity index (χ1v) is 10.2. The summed E-state index contributed by atoms with van der Waals surface area (Å²) >= 11 is 0. The largest absolute Gasteiger partial charge is 0.465 e. The second-order valence-corrected chi connectivity index (χ2v) is 7.79. The highest BCUT2D eigenvalue weighted by Crippen LogP contribution is 2.38. The number of carbonyl (C=O) groups excluding carboxylic acids is 1. The van der Waals surface area contributed by atoms with Crippen LogP contribution in [0.15, 0.2) is 47.1 Å². The van der Waals surface area contributed by atoms with Gasteiger partial charge in [0.15, 0.2) is 0 Å². The number of aromatic nitrogens is 1. The summed E-state index contributed by atoms with van der Waals surface area (Å²) in [5.41, 5.74) is 4.41. The van der Waals surface area contributed by atoms with Crippen molar-refractivity contribution >= 4 is 28.5 Å². The van der Waals surface area contributed by atoms with Crippen LogP contribution in [0.1, 0.15) is 54.1 Å². The fourth-order valence-electron chi connectivity index (χ4n) is 4.07. The fourth-order valence-corrected chi connectivity index (χ4v) is 4.07. The third-order valence-electron chi connectivity index (χ3n) is 5.55. The summed E-state index contributed by atoms with van der Waals surface area (Å²) in [4.78, 5) is 18.2. The first kappa shape index (κ1) is 19.4. The van der Waals surface area contributed by atoms with Crippen LogP contribution < -0.4 is 5.32 Å². The van der Waals surface area contributed by atoms with Crippen LogP contribution >= 0.6 is 0 Å². The lowest BCUT2D eigenvalue weighted by molar-refractivity contribution is 0.0915. The van der Waals surface area contributed by atoms with Gasteiger partial charge in [0.2, 0.25) is 0 Å². The van der Waals surface area contributed by atoms with Gasteiger partial charge in [-0.3, -0.25) is 4.79 Å². The Morgan fingerprint density at radius 3 is 2.86 bits per heavy atom. The zero-order valence-corrected chi connectivity index (χ0v) is 16.8. The van der Waals surface area contributed by atoms with E-state index in [2.05, 4.69) is 12.2 Å². The molecule has 3 aromatic rings. The van der Waals surface area contributed by atoms with Crippen molar-refractivity contribution in [3.8, 4) is 0 Å². The maximum Gasteiger partial charge on any atom is 0.252 e. The van der Waals surface area contributed by atoms with E-state index < -0.39 is 0 Å². The summed E-state index contributed by atoms with van der Waals surface area (Å²) in [5, 5.41) is 13.4. The number of benzene rings is 1. The first-order valence-electron chi connectivity index (χ1n) is 10.2. The SMILES string of the molecule is CCC(CO)NC(=O)c1c2c(nc3ccccc13)/C(=C\c1ccco1)CC(C)C2. The second-order valence-electron chi connectivity index (χ2n) is 7.79. The molecule has 1 amide bonds. The molecule has 2 unspecified atom stereocenters. The number of hydrogen-bond donors (Lipinski definition) is 2. The fraction of sp³-hybridized carbons (Fsp3) is 0.333. The van der Waals surface area contributed by atoms with Crippen molar-refractivity contribution in [2.75, 3.05) is 6.61 Å². The second kappa shape index (κ2) is 8.21. The molecule has 4 rings (SSSR count). The highest BCUT2D eigenvalue weighted by atomic mass is 16.3. The molecule has 2 aromatic heterocycles. The number of aliphatic hydroxyl groups is 1. The summed E-state index contributed by atoms with van der Waals surface area (Å²) < 4.78 is 5.52. The standard InChI is InChI=1S/C24H26N2O3/c1-3-17(14-27)25-24(28)22-19-8-4-5-9-21(19)26-23-16(11-15(2)12-20(22)23)13-18-7-6-10-29-18/h4-10,13,15,17,27H,3,11-12,14H2,1-2H3,(H,25,28)/b16-13-. The van der Waals surface area contributed by atoms with Crippen molar-refractivity contribution in [2.45, 2.75) is 39.2 Å². The topological polar surface area (TPSA) is 75.4 Å². The van der Waals surface area contributed by atoms with Crippen molar-refractivity contribution in [3.05, 3.63) is 65.2 Å².